The van der Waals surface area contributed by atoms with Gasteiger partial charge in [-0.1, -0.05) is 29.8 Å². The lowest BCUT2D eigenvalue weighted by Crippen LogP contribution is -2.41. The second-order valence-corrected chi connectivity index (χ2v) is 12.7. The normalized spacial score (nSPS) is 18.5. The number of carboxylic acid groups (broad SMARTS) is 1. The van der Waals surface area contributed by atoms with E-state index < -0.39 is 46.9 Å². The smallest absolute Gasteiger partial charge is 0.429 e. The highest BCUT2D eigenvalue weighted by Crippen LogP contribution is 2.43. The van der Waals surface area contributed by atoms with Crippen molar-refractivity contribution in [3.05, 3.63) is 76.6 Å². The van der Waals surface area contributed by atoms with E-state index in [0.717, 1.165) is 18.2 Å². The molecular weight excluding hydrogens is 680 g/mol. The van der Waals surface area contributed by atoms with Gasteiger partial charge in [-0.3, -0.25) is 4.79 Å². The summed E-state index contributed by atoms with van der Waals surface area (Å²) in [6.07, 6.45) is -9.18. The van der Waals surface area contributed by atoms with Gasteiger partial charge < -0.3 is 25.8 Å². The molecule has 2 aliphatic rings. The molecule has 0 saturated carbocycles. The first-order valence-electron chi connectivity index (χ1n) is 15.1. The topological polar surface area (TPSA) is 131 Å². The second kappa shape index (κ2) is 12.7. The molecule has 2 atom stereocenters. The molecule has 2 aromatic carbocycles. The average Bonchev–Trinajstić information content (AvgIpc) is 3.65. The highest BCUT2D eigenvalue weighted by molar-refractivity contribution is 6.31. The summed E-state index contributed by atoms with van der Waals surface area (Å²) in [4.78, 5) is 21.4. The van der Waals surface area contributed by atoms with Gasteiger partial charge in [0.15, 0.2) is 0 Å². The van der Waals surface area contributed by atoms with Gasteiger partial charge in [0, 0.05) is 37.5 Å². The molecule has 0 bridgehead atoms. The average molecular weight is 710 g/mol. The van der Waals surface area contributed by atoms with Crippen LogP contribution in [0.2, 0.25) is 5.02 Å². The number of aromatic nitrogens is 4. The molecule has 4 heterocycles. The molecule has 49 heavy (non-hydrogen) atoms. The fourth-order valence-corrected chi connectivity index (χ4v) is 6.60. The number of halogens is 7. The highest BCUT2D eigenvalue weighted by atomic mass is 35.5. The number of piperidine rings is 1. The van der Waals surface area contributed by atoms with E-state index in [1.165, 1.54) is 35.1 Å². The number of nitrogens with one attached hydrogen (secondary N) is 1. The number of aryl methyl sites for hydroxylation is 1. The number of anilines is 2. The third-order valence-electron chi connectivity index (χ3n) is 8.94. The number of alkyl halides is 6. The standard InChI is InChI=1S/C32H30ClF6N7O3/c1-17-6-9-46(44-17)24-13-19(18-3-5-22(33)21(12-18)31(34,35)36)2-4-20(24)27(32(37,38)39)49-26-14-25(42-29(40)43-26)45-10-7-30(8-11-45)15-23(28(47)48)41-16-30/h2-6,9,12-14,23,27,41H,7-8,10-11,15-16H2,1H3,(H,47,48)(H2,40,42,43). The molecule has 17 heteroatoms. The van der Waals surface area contributed by atoms with Crippen LogP contribution in [0.25, 0.3) is 16.8 Å². The second-order valence-electron chi connectivity index (χ2n) is 12.3. The SMILES string of the molecule is Cc1ccn(-c2cc(-c3ccc(Cl)c(C(F)(F)F)c3)ccc2C(Oc2cc(N3CCC4(CC3)CNC(C(=O)O)C4)nc(N)n2)C(F)(F)F)n1. The first-order valence-corrected chi connectivity index (χ1v) is 15.5. The summed E-state index contributed by atoms with van der Waals surface area (Å²) in [6, 6.07) is 9.11. The van der Waals surface area contributed by atoms with Crippen molar-refractivity contribution in [2.24, 2.45) is 5.41 Å². The molecule has 260 valence electrons. The van der Waals surface area contributed by atoms with Gasteiger partial charge in [0.2, 0.25) is 17.9 Å². The molecule has 2 aliphatic heterocycles. The first-order chi connectivity index (χ1) is 23.0. The maximum Gasteiger partial charge on any atom is 0.429 e. The van der Waals surface area contributed by atoms with Crippen molar-refractivity contribution < 1.29 is 41.0 Å². The van der Waals surface area contributed by atoms with Gasteiger partial charge in [-0.05, 0) is 67.0 Å². The molecule has 2 saturated heterocycles. The third-order valence-corrected chi connectivity index (χ3v) is 9.27. The van der Waals surface area contributed by atoms with Crippen LogP contribution in [0.4, 0.5) is 38.1 Å². The summed E-state index contributed by atoms with van der Waals surface area (Å²) in [5.41, 5.74) is 4.88. The molecule has 0 amide bonds. The summed E-state index contributed by atoms with van der Waals surface area (Å²) in [7, 11) is 0. The number of benzene rings is 2. The predicted molar refractivity (Wildman–Crippen MR) is 168 cm³/mol. The van der Waals surface area contributed by atoms with E-state index in [1.54, 1.807) is 13.0 Å². The van der Waals surface area contributed by atoms with E-state index in [2.05, 4.69) is 20.4 Å². The van der Waals surface area contributed by atoms with Gasteiger partial charge >= 0.3 is 18.3 Å². The Bertz CT molecular complexity index is 1870. The fourth-order valence-electron chi connectivity index (χ4n) is 6.38. The minimum Gasteiger partial charge on any atom is -0.480 e. The van der Waals surface area contributed by atoms with Crippen LogP contribution in [0.3, 0.4) is 0 Å². The quantitative estimate of drug-likeness (QED) is 0.182. The number of hydrogen-bond donors (Lipinski definition) is 3. The van der Waals surface area contributed by atoms with Crippen LogP contribution in [-0.2, 0) is 11.0 Å². The molecule has 0 aliphatic carbocycles. The Morgan fingerprint density at radius 1 is 1.06 bits per heavy atom. The van der Waals surface area contributed by atoms with Crippen molar-refractivity contribution in [1.82, 2.24) is 25.1 Å². The fraction of sp³-hybridized carbons (Fsp3) is 0.375. The summed E-state index contributed by atoms with van der Waals surface area (Å²) in [6.45, 7) is 3.09. The maximum absolute atomic E-state index is 14.8. The number of nitrogens with zero attached hydrogens (tertiary/aromatic N) is 5. The highest BCUT2D eigenvalue weighted by Gasteiger charge is 2.46. The van der Waals surface area contributed by atoms with Gasteiger partial charge in [0.05, 0.1) is 22.0 Å². The molecule has 4 aromatic rings. The van der Waals surface area contributed by atoms with Crippen molar-refractivity contribution in [3.8, 4) is 22.7 Å². The van der Waals surface area contributed by atoms with E-state index in [9.17, 15) is 36.2 Å². The summed E-state index contributed by atoms with van der Waals surface area (Å²) >= 11 is 5.79. The van der Waals surface area contributed by atoms with Crippen LogP contribution in [0.5, 0.6) is 5.88 Å². The first kappa shape index (κ1) is 34.3. The van der Waals surface area contributed by atoms with Crippen LogP contribution >= 0.6 is 11.6 Å². The third kappa shape index (κ3) is 7.25. The van der Waals surface area contributed by atoms with Crippen LogP contribution in [-0.4, -0.2) is 62.7 Å². The number of hydrogen-bond acceptors (Lipinski definition) is 8. The minimum absolute atomic E-state index is 0.0706. The molecule has 1 spiro atoms. The predicted octanol–water partition coefficient (Wildman–Crippen LogP) is 6.61. The molecule has 0 radical (unpaired) electrons. The lowest BCUT2D eigenvalue weighted by atomic mass is 9.76. The van der Waals surface area contributed by atoms with Gasteiger partial charge in [-0.25, -0.2) is 4.68 Å². The van der Waals surface area contributed by atoms with Crippen LogP contribution in [0.1, 0.15) is 42.2 Å². The van der Waals surface area contributed by atoms with E-state index in [-0.39, 0.29) is 39.6 Å². The Hall–Kier alpha value is -4.57. The number of ether oxygens (including phenoxy) is 1. The maximum atomic E-state index is 14.8. The lowest BCUT2D eigenvalue weighted by Gasteiger charge is -2.39. The Kier molecular flexibility index (Phi) is 8.90. The minimum atomic E-state index is -4.99. The van der Waals surface area contributed by atoms with E-state index in [1.807, 2.05) is 4.90 Å². The number of rotatable bonds is 7. The number of carboxylic acids is 1. The Labute approximate surface area is 280 Å². The molecule has 2 fully saturated rings. The van der Waals surface area contributed by atoms with Gasteiger partial charge in [-0.2, -0.15) is 41.4 Å². The van der Waals surface area contributed by atoms with Crippen molar-refractivity contribution in [2.75, 3.05) is 30.3 Å². The molecular formula is C32H30ClF6N7O3. The van der Waals surface area contributed by atoms with Crippen LogP contribution < -0.4 is 20.7 Å². The van der Waals surface area contributed by atoms with Gasteiger partial charge in [0.25, 0.3) is 0 Å². The molecule has 6 rings (SSSR count). The van der Waals surface area contributed by atoms with Gasteiger partial charge in [0.1, 0.15) is 11.9 Å². The zero-order valence-corrected chi connectivity index (χ0v) is 26.6. The summed E-state index contributed by atoms with van der Waals surface area (Å²) in [5, 5.41) is 16.2. The zero-order chi connectivity index (χ0) is 35.3. The zero-order valence-electron chi connectivity index (χ0n) is 25.8. The molecule has 4 N–H and O–H groups in total. The van der Waals surface area contributed by atoms with E-state index >= 15 is 0 Å². The Morgan fingerprint density at radius 3 is 2.37 bits per heavy atom. The molecule has 10 nitrogen and oxygen atoms in total. The van der Waals surface area contributed by atoms with E-state index in [4.69, 9.17) is 22.1 Å². The lowest BCUT2D eigenvalue weighted by molar-refractivity contribution is -0.198. The molecule has 2 aromatic heterocycles. The number of nitrogens with two attached hydrogens (primary N) is 1. The van der Waals surface area contributed by atoms with E-state index in [0.29, 0.717) is 44.6 Å². The summed E-state index contributed by atoms with van der Waals surface area (Å²) < 4.78 is 92.0. The number of aliphatic carboxylic acids is 1. The number of nitrogen functional groups attached to an aromatic ring is 1. The monoisotopic (exact) mass is 709 g/mol. The molecule has 2 unspecified atom stereocenters. The van der Waals surface area contributed by atoms with Crippen LogP contribution in [0, 0.1) is 12.3 Å². The Morgan fingerprint density at radius 2 is 1.76 bits per heavy atom. The van der Waals surface area contributed by atoms with Crippen molar-refractivity contribution in [3.63, 3.8) is 0 Å². The van der Waals surface area contributed by atoms with Crippen molar-refractivity contribution >= 4 is 29.3 Å². The number of carbonyl (C=O) groups is 1. The van der Waals surface area contributed by atoms with Gasteiger partial charge in [-0.15, -0.1) is 0 Å². The largest absolute Gasteiger partial charge is 0.480 e. The Balaban J connectivity index is 1.33. The van der Waals surface area contributed by atoms with Crippen molar-refractivity contribution in [1.29, 1.82) is 0 Å². The van der Waals surface area contributed by atoms with Crippen molar-refractivity contribution in [2.45, 2.75) is 50.7 Å². The summed E-state index contributed by atoms with van der Waals surface area (Å²) in [5.74, 6) is -1.42. The van der Waals surface area contributed by atoms with Crippen LogP contribution in [0.15, 0.2) is 54.7 Å².